The summed E-state index contributed by atoms with van der Waals surface area (Å²) in [7, 11) is 1.48. The van der Waals surface area contributed by atoms with Crippen LogP contribution >= 0.6 is 7.82 Å². The van der Waals surface area contributed by atoms with Crippen LogP contribution in [0.15, 0.2) is 60.8 Å². The molecule has 0 aliphatic rings. The number of ether oxygens (including phenoxy) is 2. The highest BCUT2D eigenvalue weighted by molar-refractivity contribution is 7.47. The summed E-state index contributed by atoms with van der Waals surface area (Å²) in [6.07, 6.45) is 80.3. The van der Waals surface area contributed by atoms with E-state index in [-0.39, 0.29) is 32.0 Å². The van der Waals surface area contributed by atoms with Gasteiger partial charge in [0.1, 0.15) is 19.8 Å². The van der Waals surface area contributed by atoms with E-state index in [0.29, 0.717) is 17.4 Å². The van der Waals surface area contributed by atoms with Crippen molar-refractivity contribution in [2.24, 2.45) is 0 Å². The summed E-state index contributed by atoms with van der Waals surface area (Å²) in [4.78, 5) is 35.8. The van der Waals surface area contributed by atoms with Gasteiger partial charge in [-0.15, -0.1) is 0 Å². The Hall–Kier alpha value is -2.29. The van der Waals surface area contributed by atoms with Crippen molar-refractivity contribution in [3.8, 4) is 0 Å². The molecule has 0 aliphatic heterocycles. The van der Waals surface area contributed by atoms with E-state index in [1.165, 1.54) is 225 Å². The van der Waals surface area contributed by atoms with Gasteiger partial charge in [-0.1, -0.05) is 286 Å². The molecule has 0 aromatic rings. The lowest BCUT2D eigenvalue weighted by atomic mass is 10.0. The maximum atomic E-state index is 12.8. The number of esters is 2. The first-order valence-corrected chi connectivity index (χ1v) is 35.5. The van der Waals surface area contributed by atoms with Gasteiger partial charge in [0, 0.05) is 12.8 Å². The van der Waals surface area contributed by atoms with E-state index in [4.69, 9.17) is 18.5 Å². The molecule has 9 nitrogen and oxygen atoms in total. The Bertz CT molecular complexity index is 1530. The molecular weight excluding hydrogens is 1010 g/mol. The SMILES string of the molecule is CCCCCCC/C=C\C/C=C\C/C=C\CCCCCCCCCCC(=O)OC(COC(=O)CCCCCCCCCCCCCCCCCCCCCCC/C=C\C/C=C\CCCCCCC)COP(=O)(O)OCC[N+](C)(C)C. The molecule has 10 heteroatoms. The van der Waals surface area contributed by atoms with Crippen LogP contribution in [-0.2, 0) is 32.7 Å². The van der Waals surface area contributed by atoms with Crippen LogP contribution in [0.1, 0.15) is 322 Å². The van der Waals surface area contributed by atoms with E-state index in [1.807, 2.05) is 21.1 Å². The average molecular weight is 1150 g/mol. The second-order valence-corrected chi connectivity index (χ2v) is 25.7. The molecule has 0 heterocycles. The Balaban J connectivity index is 4.02. The lowest BCUT2D eigenvalue weighted by Crippen LogP contribution is -2.37. The third-order valence-electron chi connectivity index (χ3n) is 15.0. The largest absolute Gasteiger partial charge is 0.472 e. The van der Waals surface area contributed by atoms with Crippen LogP contribution in [0.2, 0.25) is 0 Å². The van der Waals surface area contributed by atoms with Crippen molar-refractivity contribution in [1.29, 1.82) is 0 Å². The Morgan fingerprint density at radius 3 is 1.00 bits per heavy atom. The number of carbonyl (C=O) groups excluding carboxylic acids is 2. The van der Waals surface area contributed by atoms with Crippen molar-refractivity contribution in [1.82, 2.24) is 0 Å². The summed E-state index contributed by atoms with van der Waals surface area (Å²) in [5.74, 6) is -0.793. The van der Waals surface area contributed by atoms with Crippen LogP contribution in [0.5, 0.6) is 0 Å². The minimum atomic E-state index is -4.39. The first-order chi connectivity index (χ1) is 39.0. The molecule has 468 valence electrons. The summed E-state index contributed by atoms with van der Waals surface area (Å²) >= 11 is 0. The number of rotatable bonds is 63. The molecule has 0 spiro atoms. The smallest absolute Gasteiger partial charge is 0.462 e. The molecule has 0 radical (unpaired) electrons. The van der Waals surface area contributed by atoms with Crippen LogP contribution in [0, 0.1) is 0 Å². The van der Waals surface area contributed by atoms with E-state index in [1.54, 1.807) is 0 Å². The number of unbranched alkanes of at least 4 members (excludes halogenated alkanes) is 39. The average Bonchev–Trinajstić information content (AvgIpc) is 3.42. The minimum Gasteiger partial charge on any atom is -0.462 e. The number of nitrogens with zero attached hydrogens (tertiary/aromatic N) is 1. The third kappa shape index (κ3) is 64.9. The second kappa shape index (κ2) is 61.3. The standard InChI is InChI=1S/C70H130NO8P/c1-6-8-10-12-14-16-18-20-22-24-26-28-30-31-32-33-34-35-36-37-38-39-41-42-44-46-48-50-52-54-56-58-60-62-69(72)76-66-68(67-78-80(74,75)77-65-64-71(3,4)5)79-70(73)63-61-59-57-55-53-51-49-47-45-43-40-29-27-25-23-21-19-17-15-13-11-9-7-2/h18-21,24-27,40,43,68H,6-17,22-23,28-39,41-42,44-67H2,1-5H3/p+1/b20-18-,21-19-,26-24-,27-25-,43-40-. The van der Waals surface area contributed by atoms with Gasteiger partial charge in [0.2, 0.25) is 0 Å². The number of phosphoric acid groups is 1. The van der Waals surface area contributed by atoms with Crippen LogP contribution in [0.3, 0.4) is 0 Å². The highest BCUT2D eigenvalue weighted by atomic mass is 31.2. The van der Waals surface area contributed by atoms with Gasteiger partial charge in [-0.25, -0.2) is 4.57 Å². The zero-order valence-electron chi connectivity index (χ0n) is 53.3. The molecule has 0 rings (SSSR count). The van der Waals surface area contributed by atoms with Crippen molar-refractivity contribution in [3.05, 3.63) is 60.8 Å². The lowest BCUT2D eigenvalue weighted by molar-refractivity contribution is -0.870. The van der Waals surface area contributed by atoms with Crippen molar-refractivity contribution in [2.45, 2.75) is 328 Å². The topological polar surface area (TPSA) is 108 Å². The van der Waals surface area contributed by atoms with Gasteiger partial charge in [0.25, 0.3) is 0 Å². The molecule has 0 aromatic heterocycles. The van der Waals surface area contributed by atoms with Gasteiger partial charge in [0.05, 0.1) is 27.7 Å². The Morgan fingerprint density at radius 1 is 0.388 bits per heavy atom. The van der Waals surface area contributed by atoms with Crippen LogP contribution < -0.4 is 0 Å². The predicted octanol–water partition coefficient (Wildman–Crippen LogP) is 21.8. The van der Waals surface area contributed by atoms with E-state index in [9.17, 15) is 19.0 Å². The monoisotopic (exact) mass is 1140 g/mol. The maximum Gasteiger partial charge on any atom is 0.472 e. The second-order valence-electron chi connectivity index (χ2n) is 24.2. The predicted molar refractivity (Wildman–Crippen MR) is 344 cm³/mol. The maximum absolute atomic E-state index is 12.8. The van der Waals surface area contributed by atoms with Gasteiger partial charge in [0.15, 0.2) is 6.10 Å². The van der Waals surface area contributed by atoms with Crippen LogP contribution in [-0.4, -0.2) is 74.9 Å². The van der Waals surface area contributed by atoms with Crippen LogP contribution in [0.4, 0.5) is 0 Å². The molecule has 0 aromatic carbocycles. The van der Waals surface area contributed by atoms with Crippen LogP contribution in [0.25, 0.3) is 0 Å². The van der Waals surface area contributed by atoms with E-state index in [0.717, 1.165) is 64.2 Å². The summed E-state index contributed by atoms with van der Waals surface area (Å²) in [5, 5.41) is 0. The molecule has 2 atom stereocenters. The van der Waals surface area contributed by atoms with Crippen molar-refractivity contribution >= 4 is 19.8 Å². The highest BCUT2D eigenvalue weighted by Crippen LogP contribution is 2.43. The molecular formula is C70H131NO8P+. The summed E-state index contributed by atoms with van der Waals surface area (Å²) in [5.41, 5.74) is 0. The van der Waals surface area contributed by atoms with Gasteiger partial charge in [-0.3, -0.25) is 18.6 Å². The van der Waals surface area contributed by atoms with E-state index < -0.39 is 26.5 Å². The van der Waals surface area contributed by atoms with Crippen molar-refractivity contribution < 1.29 is 42.1 Å². The zero-order valence-corrected chi connectivity index (χ0v) is 54.2. The number of allylic oxidation sites excluding steroid dienone is 10. The fourth-order valence-electron chi connectivity index (χ4n) is 9.76. The normalized spacial score (nSPS) is 13.5. The quantitative estimate of drug-likeness (QED) is 0.0211. The van der Waals surface area contributed by atoms with Gasteiger partial charge in [-0.2, -0.15) is 0 Å². The zero-order chi connectivity index (χ0) is 58.4. The number of quaternary nitrogens is 1. The van der Waals surface area contributed by atoms with Gasteiger partial charge >= 0.3 is 19.8 Å². The lowest BCUT2D eigenvalue weighted by Gasteiger charge is -2.24. The first-order valence-electron chi connectivity index (χ1n) is 34.0. The molecule has 80 heavy (non-hydrogen) atoms. The molecule has 0 bridgehead atoms. The van der Waals surface area contributed by atoms with Gasteiger partial charge in [-0.05, 0) is 83.5 Å². The molecule has 0 fully saturated rings. The van der Waals surface area contributed by atoms with Gasteiger partial charge < -0.3 is 18.9 Å². The molecule has 0 amide bonds. The number of likely N-dealkylation sites (N-methyl/N-ethyl adjacent to an activating group) is 1. The summed E-state index contributed by atoms with van der Waals surface area (Å²) in [6.45, 7) is 4.44. The molecule has 0 aliphatic carbocycles. The fourth-order valence-corrected chi connectivity index (χ4v) is 10.5. The number of hydrogen-bond donors (Lipinski definition) is 1. The molecule has 1 N–H and O–H groups in total. The fraction of sp³-hybridized carbons (Fsp3) is 0.829. The Labute approximate surface area is 496 Å². The number of phosphoric ester groups is 1. The van der Waals surface area contributed by atoms with Crippen molar-refractivity contribution in [3.63, 3.8) is 0 Å². The van der Waals surface area contributed by atoms with Crippen molar-refractivity contribution in [2.75, 3.05) is 47.5 Å². The number of carbonyl (C=O) groups is 2. The third-order valence-corrected chi connectivity index (χ3v) is 16.0. The molecule has 0 saturated heterocycles. The first kappa shape index (κ1) is 77.7. The summed E-state index contributed by atoms with van der Waals surface area (Å²) in [6, 6.07) is 0. The Morgan fingerprint density at radius 2 is 0.675 bits per heavy atom. The number of hydrogen-bond acceptors (Lipinski definition) is 7. The highest BCUT2D eigenvalue weighted by Gasteiger charge is 2.27. The molecule has 0 saturated carbocycles. The van der Waals surface area contributed by atoms with E-state index in [2.05, 4.69) is 74.6 Å². The minimum absolute atomic E-state index is 0.0299. The Kier molecular flexibility index (Phi) is 59.5. The van der Waals surface area contributed by atoms with E-state index >= 15 is 0 Å². The molecule has 2 unspecified atom stereocenters. The summed E-state index contributed by atoms with van der Waals surface area (Å²) < 4.78 is 34.7.